The molecule has 0 atom stereocenters. The van der Waals surface area contributed by atoms with Crippen LogP contribution in [0.1, 0.15) is 0 Å². The van der Waals surface area contributed by atoms with Crippen LogP contribution in [0, 0.1) is 0 Å². The average Bonchev–Trinajstić information content (AvgIpc) is 2.63. The van der Waals surface area contributed by atoms with Gasteiger partial charge in [-0.05, 0) is 48.5 Å². The van der Waals surface area contributed by atoms with Gasteiger partial charge < -0.3 is 10.2 Å². The molecule has 0 aliphatic carbocycles. The number of aromatic nitrogens is 2. The normalized spacial score (nSPS) is 10.0. The Morgan fingerprint density at radius 2 is 1.04 bits per heavy atom. The third kappa shape index (κ3) is 3.99. The van der Waals surface area contributed by atoms with Gasteiger partial charge in [-0.25, -0.2) is 0 Å². The van der Waals surface area contributed by atoms with Gasteiger partial charge in [0.05, 0.1) is 10.0 Å². The van der Waals surface area contributed by atoms with E-state index in [1.807, 2.05) is 12.1 Å². The van der Waals surface area contributed by atoms with Crippen molar-refractivity contribution in [2.45, 2.75) is 0 Å². The second-order valence-electron chi connectivity index (χ2n) is 4.93. The van der Waals surface area contributed by atoms with E-state index < -0.39 is 0 Å². The molecule has 0 bridgehead atoms. The van der Waals surface area contributed by atoms with E-state index in [9.17, 15) is 10.2 Å². The van der Waals surface area contributed by atoms with Gasteiger partial charge in [-0.2, -0.15) is 0 Å². The van der Waals surface area contributed by atoms with E-state index in [0.29, 0.717) is 21.1 Å². The van der Waals surface area contributed by atoms with E-state index in [1.54, 1.807) is 36.7 Å². The molecule has 2 N–H and O–H groups in total. The van der Waals surface area contributed by atoms with E-state index >= 15 is 0 Å². The molecule has 2 aromatic carbocycles. The van der Waals surface area contributed by atoms with Crippen molar-refractivity contribution in [3.8, 4) is 11.5 Å². The van der Waals surface area contributed by atoms with E-state index in [-0.39, 0.29) is 21.6 Å². The molecule has 2 aromatic heterocycles. The minimum atomic E-state index is 0. The van der Waals surface area contributed by atoms with Gasteiger partial charge in [0.15, 0.2) is 0 Å². The molecular formula is C18H14BeCl2N2O2. The fourth-order valence-electron chi connectivity index (χ4n) is 2.25. The predicted octanol–water partition coefficient (Wildman–Crippen LogP) is 4.27. The fourth-order valence-corrected chi connectivity index (χ4v) is 2.68. The average molecular weight is 370 g/mol. The molecule has 25 heavy (non-hydrogen) atoms. The summed E-state index contributed by atoms with van der Waals surface area (Å²) in [6.45, 7) is 0. The topological polar surface area (TPSA) is 66.2 Å². The first-order chi connectivity index (χ1) is 11.6. The molecule has 124 valence electrons. The number of benzene rings is 2. The van der Waals surface area contributed by atoms with Crippen LogP contribution in [0.5, 0.6) is 11.5 Å². The second kappa shape index (κ2) is 8.13. The molecule has 0 aliphatic rings. The second-order valence-corrected chi connectivity index (χ2v) is 5.75. The predicted molar refractivity (Wildman–Crippen MR) is 105 cm³/mol. The molecule has 0 saturated carbocycles. The van der Waals surface area contributed by atoms with Gasteiger partial charge in [0, 0.05) is 23.2 Å². The first-order valence-corrected chi connectivity index (χ1v) is 7.78. The number of nitrogens with zero attached hydrogens (tertiary/aromatic N) is 2. The number of phenolic OH excluding ortho intramolecular Hbond substituents is 2. The van der Waals surface area contributed by atoms with Crippen LogP contribution in [0.15, 0.2) is 60.9 Å². The molecule has 0 radical (unpaired) electrons. The van der Waals surface area contributed by atoms with Crippen LogP contribution in [-0.4, -0.2) is 30.3 Å². The van der Waals surface area contributed by atoms with E-state index in [2.05, 4.69) is 9.97 Å². The summed E-state index contributed by atoms with van der Waals surface area (Å²) in [5.41, 5.74) is 1.09. The molecular weight excluding hydrogens is 356 g/mol. The van der Waals surface area contributed by atoms with Crippen molar-refractivity contribution in [3.05, 3.63) is 71.0 Å². The zero-order valence-electron chi connectivity index (χ0n) is 12.3. The zero-order valence-corrected chi connectivity index (χ0v) is 13.8. The standard InChI is InChI=1S/2C9H6ClNO.Be.2H/c2*10-7-3-4-8(12)9-6(7)2-1-5-11-9;;;/h2*1-5,12H;;;. The Morgan fingerprint density at radius 1 is 0.640 bits per heavy atom. The zero-order chi connectivity index (χ0) is 17.1. The number of aromatic hydroxyl groups is 2. The quantitative estimate of drug-likeness (QED) is 0.454. The van der Waals surface area contributed by atoms with Crippen molar-refractivity contribution in [1.82, 2.24) is 9.97 Å². The van der Waals surface area contributed by atoms with Gasteiger partial charge in [0.1, 0.15) is 22.5 Å². The number of hydrogen-bond acceptors (Lipinski definition) is 4. The van der Waals surface area contributed by atoms with Crippen molar-refractivity contribution < 1.29 is 10.2 Å². The third-order valence-corrected chi connectivity index (χ3v) is 4.05. The SMILES string of the molecule is Oc1ccc(Cl)c2cccnc12.Oc1ccc(Cl)c2cccnc12.[BeH2]. The summed E-state index contributed by atoms with van der Waals surface area (Å²) in [5, 5.41) is 21.5. The van der Waals surface area contributed by atoms with Gasteiger partial charge in [-0.15, -0.1) is 0 Å². The molecule has 4 rings (SSSR count). The van der Waals surface area contributed by atoms with Crippen molar-refractivity contribution in [2.75, 3.05) is 0 Å². The van der Waals surface area contributed by atoms with Crippen molar-refractivity contribution in [3.63, 3.8) is 0 Å². The number of rotatable bonds is 0. The van der Waals surface area contributed by atoms with Crippen LogP contribution in [0.3, 0.4) is 0 Å². The molecule has 4 nitrogen and oxygen atoms in total. The summed E-state index contributed by atoms with van der Waals surface area (Å²) in [4.78, 5) is 8.01. The summed E-state index contributed by atoms with van der Waals surface area (Å²) in [7, 11) is 0. The summed E-state index contributed by atoms with van der Waals surface area (Å²) in [6.07, 6.45) is 3.25. The molecule has 2 heterocycles. The van der Waals surface area contributed by atoms with Gasteiger partial charge in [-0.1, -0.05) is 23.2 Å². The fraction of sp³-hybridized carbons (Fsp3) is 0. The number of phenols is 2. The Bertz CT molecular complexity index is 864. The monoisotopic (exact) mass is 369 g/mol. The molecule has 0 aliphatic heterocycles. The van der Waals surface area contributed by atoms with Crippen LogP contribution < -0.4 is 0 Å². The minimum absolute atomic E-state index is 0. The Morgan fingerprint density at radius 3 is 1.40 bits per heavy atom. The number of halogens is 2. The van der Waals surface area contributed by atoms with Crippen LogP contribution >= 0.6 is 23.2 Å². The van der Waals surface area contributed by atoms with Crippen molar-refractivity contribution in [2.24, 2.45) is 0 Å². The Hall–Kier alpha value is -2.39. The van der Waals surface area contributed by atoms with Crippen LogP contribution in [0.4, 0.5) is 0 Å². The number of hydrogen-bond donors (Lipinski definition) is 2. The number of fused-ring (bicyclic) bond motifs is 2. The Balaban J connectivity index is 0.000000173. The molecule has 0 spiro atoms. The molecule has 4 aromatic rings. The third-order valence-electron chi connectivity index (χ3n) is 3.39. The molecule has 7 heteroatoms. The van der Waals surface area contributed by atoms with E-state index in [1.165, 1.54) is 12.1 Å². The Kier molecular flexibility index (Phi) is 6.16. The maximum atomic E-state index is 9.37. The molecule has 0 fully saturated rings. The van der Waals surface area contributed by atoms with Gasteiger partial charge in [0.25, 0.3) is 0 Å². The van der Waals surface area contributed by atoms with Crippen molar-refractivity contribution in [1.29, 1.82) is 0 Å². The molecule has 0 amide bonds. The van der Waals surface area contributed by atoms with Crippen LogP contribution in [0.2, 0.25) is 10.0 Å². The summed E-state index contributed by atoms with van der Waals surface area (Å²) < 4.78 is 0. The van der Waals surface area contributed by atoms with E-state index in [0.717, 1.165) is 10.8 Å². The van der Waals surface area contributed by atoms with Gasteiger partial charge in [0.2, 0.25) is 0 Å². The first kappa shape index (κ1) is 18.9. The molecule has 0 saturated heterocycles. The number of pyridine rings is 2. The van der Waals surface area contributed by atoms with Gasteiger partial charge >= 0.3 is 10.1 Å². The first-order valence-electron chi connectivity index (χ1n) is 7.02. The molecule has 0 unspecified atom stereocenters. The summed E-state index contributed by atoms with van der Waals surface area (Å²) in [6, 6.07) is 13.6. The summed E-state index contributed by atoms with van der Waals surface area (Å²) in [5.74, 6) is 0.324. The maximum absolute atomic E-state index is 9.37. The summed E-state index contributed by atoms with van der Waals surface area (Å²) >= 11 is 11.8. The van der Waals surface area contributed by atoms with Crippen LogP contribution in [-0.2, 0) is 0 Å². The van der Waals surface area contributed by atoms with E-state index in [4.69, 9.17) is 23.2 Å². The van der Waals surface area contributed by atoms with Gasteiger partial charge in [-0.3, -0.25) is 9.97 Å². The Labute approximate surface area is 157 Å². The van der Waals surface area contributed by atoms with Crippen molar-refractivity contribution >= 4 is 55.1 Å². The van der Waals surface area contributed by atoms with Crippen LogP contribution in [0.25, 0.3) is 21.8 Å².